The van der Waals surface area contributed by atoms with Crippen LogP contribution < -0.4 is 5.32 Å². The molecule has 4 aromatic rings. The fourth-order valence-corrected chi connectivity index (χ4v) is 2.79. The van der Waals surface area contributed by atoms with Gasteiger partial charge in [-0.1, -0.05) is 43.3 Å². The van der Waals surface area contributed by atoms with Gasteiger partial charge in [0.15, 0.2) is 11.6 Å². The van der Waals surface area contributed by atoms with Gasteiger partial charge in [-0.2, -0.15) is 5.10 Å². The van der Waals surface area contributed by atoms with Gasteiger partial charge in [-0.15, -0.1) is 0 Å². The van der Waals surface area contributed by atoms with Crippen LogP contribution in [0.1, 0.15) is 18.2 Å². The second kappa shape index (κ2) is 6.36. The Labute approximate surface area is 146 Å². The quantitative estimate of drug-likeness (QED) is 0.572. The first-order valence-electron chi connectivity index (χ1n) is 8.38. The molecule has 5 heteroatoms. The molecule has 2 heterocycles. The first-order chi connectivity index (χ1) is 12.2. The summed E-state index contributed by atoms with van der Waals surface area (Å²) in [6, 6.07) is 18.3. The number of nitrogens with one attached hydrogen (secondary N) is 2. The molecule has 4 rings (SSSR count). The Bertz CT molecular complexity index is 1020. The van der Waals surface area contributed by atoms with E-state index in [-0.39, 0.29) is 0 Å². The highest BCUT2D eigenvalue weighted by atomic mass is 15.2. The van der Waals surface area contributed by atoms with Crippen LogP contribution in [0, 0.1) is 6.92 Å². The molecule has 0 radical (unpaired) electrons. The predicted molar refractivity (Wildman–Crippen MR) is 101 cm³/mol. The summed E-state index contributed by atoms with van der Waals surface area (Å²) in [6.07, 6.45) is 1.02. The van der Waals surface area contributed by atoms with Gasteiger partial charge >= 0.3 is 0 Å². The van der Waals surface area contributed by atoms with E-state index in [1.54, 1.807) is 0 Å². The maximum absolute atomic E-state index is 4.76. The van der Waals surface area contributed by atoms with Crippen LogP contribution >= 0.6 is 0 Å². The lowest BCUT2D eigenvalue weighted by Crippen LogP contribution is -1.99. The van der Waals surface area contributed by atoms with Gasteiger partial charge in [0, 0.05) is 22.7 Å². The van der Waals surface area contributed by atoms with E-state index in [9.17, 15) is 0 Å². The van der Waals surface area contributed by atoms with Gasteiger partial charge in [0.25, 0.3) is 0 Å². The van der Waals surface area contributed by atoms with Crippen LogP contribution in [0.15, 0.2) is 54.6 Å². The molecule has 5 nitrogen and oxygen atoms in total. The molecule has 0 fully saturated rings. The molecular formula is C20H19N5. The Balaban J connectivity index is 1.82. The largest absolute Gasteiger partial charge is 0.323 e. The minimum absolute atomic E-state index is 0.705. The predicted octanol–water partition coefficient (Wildman–Crippen LogP) is 4.63. The fraction of sp³-hybridized carbons (Fsp3) is 0.150. The van der Waals surface area contributed by atoms with Crippen LogP contribution in [0.25, 0.3) is 22.3 Å². The van der Waals surface area contributed by atoms with Crippen LogP contribution in [0.2, 0.25) is 0 Å². The van der Waals surface area contributed by atoms with Crippen molar-refractivity contribution in [2.45, 2.75) is 20.3 Å². The molecule has 0 aliphatic rings. The zero-order valence-electron chi connectivity index (χ0n) is 14.2. The summed E-state index contributed by atoms with van der Waals surface area (Å²) >= 11 is 0. The number of para-hydroxylation sites is 1. The maximum Gasteiger partial charge on any atom is 0.162 e. The molecular weight excluding hydrogens is 310 g/mol. The first kappa shape index (κ1) is 15.3. The molecule has 0 saturated carbocycles. The van der Waals surface area contributed by atoms with Crippen LogP contribution in [-0.2, 0) is 6.42 Å². The van der Waals surface area contributed by atoms with Crippen molar-refractivity contribution in [2.75, 3.05) is 5.32 Å². The average Bonchev–Trinajstić information content (AvgIpc) is 3.06. The second-order valence-electron chi connectivity index (χ2n) is 6.02. The molecule has 0 aliphatic carbocycles. The molecule has 2 N–H and O–H groups in total. The van der Waals surface area contributed by atoms with E-state index in [2.05, 4.69) is 46.7 Å². The third-order valence-corrected chi connectivity index (χ3v) is 4.18. The van der Waals surface area contributed by atoms with E-state index < -0.39 is 0 Å². The molecule has 0 bridgehead atoms. The highest BCUT2D eigenvalue weighted by Gasteiger charge is 2.10. The molecule has 0 spiro atoms. The van der Waals surface area contributed by atoms with Crippen molar-refractivity contribution in [2.24, 2.45) is 0 Å². The number of fused-ring (bicyclic) bond motifs is 1. The molecule has 0 atom stereocenters. The molecule has 0 unspecified atom stereocenters. The van der Waals surface area contributed by atoms with E-state index in [1.807, 2.05) is 37.3 Å². The standard InChI is InChI=1S/C20H19N5/c1-3-14-8-10-15(11-9-14)19-21-17-7-5-4-6-16(17)20(23-19)22-18-12-13(2)24-25-18/h4-12H,3H2,1-2H3,(H2,21,22,23,24,25). The Hall–Kier alpha value is -3.21. The molecule has 25 heavy (non-hydrogen) atoms. The summed E-state index contributed by atoms with van der Waals surface area (Å²) in [6.45, 7) is 4.12. The van der Waals surface area contributed by atoms with E-state index in [4.69, 9.17) is 9.97 Å². The summed E-state index contributed by atoms with van der Waals surface area (Å²) < 4.78 is 0. The number of aromatic nitrogens is 4. The van der Waals surface area contributed by atoms with E-state index in [0.29, 0.717) is 5.82 Å². The minimum Gasteiger partial charge on any atom is -0.323 e. The summed E-state index contributed by atoms with van der Waals surface area (Å²) in [5.74, 6) is 2.21. The normalized spacial score (nSPS) is 11.0. The first-order valence-corrected chi connectivity index (χ1v) is 8.38. The second-order valence-corrected chi connectivity index (χ2v) is 6.02. The molecule has 2 aromatic carbocycles. The summed E-state index contributed by atoms with van der Waals surface area (Å²) in [7, 11) is 0. The summed E-state index contributed by atoms with van der Waals surface area (Å²) in [4.78, 5) is 9.48. The van der Waals surface area contributed by atoms with Crippen molar-refractivity contribution in [1.29, 1.82) is 0 Å². The lowest BCUT2D eigenvalue weighted by Gasteiger charge is -2.09. The smallest absolute Gasteiger partial charge is 0.162 e. The zero-order valence-corrected chi connectivity index (χ0v) is 14.2. The number of H-pyrrole nitrogens is 1. The SMILES string of the molecule is CCc1ccc(-c2nc(Nc3cc(C)[nH]n3)c3ccccc3n2)cc1. The zero-order chi connectivity index (χ0) is 17.2. The van der Waals surface area contributed by atoms with Crippen molar-refractivity contribution in [3.8, 4) is 11.4 Å². The van der Waals surface area contributed by atoms with Gasteiger partial charge < -0.3 is 5.32 Å². The van der Waals surface area contributed by atoms with Crippen molar-refractivity contribution >= 4 is 22.5 Å². The molecule has 0 aliphatic heterocycles. The van der Waals surface area contributed by atoms with Crippen molar-refractivity contribution < 1.29 is 0 Å². The van der Waals surface area contributed by atoms with Crippen LogP contribution in [0.4, 0.5) is 11.6 Å². The minimum atomic E-state index is 0.705. The number of aryl methyl sites for hydroxylation is 2. The van der Waals surface area contributed by atoms with Crippen LogP contribution in [0.5, 0.6) is 0 Å². The number of hydrogen-bond donors (Lipinski definition) is 2. The molecule has 0 amide bonds. The molecule has 2 aromatic heterocycles. The summed E-state index contributed by atoms with van der Waals surface area (Å²) in [5, 5.41) is 11.5. The van der Waals surface area contributed by atoms with E-state index in [1.165, 1.54) is 5.56 Å². The summed E-state index contributed by atoms with van der Waals surface area (Å²) in [5.41, 5.74) is 4.21. The van der Waals surface area contributed by atoms with Crippen LogP contribution in [0.3, 0.4) is 0 Å². The molecule has 124 valence electrons. The number of aromatic amines is 1. The van der Waals surface area contributed by atoms with Gasteiger partial charge in [0.1, 0.15) is 5.82 Å². The van der Waals surface area contributed by atoms with Gasteiger partial charge in [-0.3, -0.25) is 5.10 Å². The Morgan fingerprint density at radius 1 is 1.00 bits per heavy atom. The maximum atomic E-state index is 4.76. The van der Waals surface area contributed by atoms with Crippen LogP contribution in [-0.4, -0.2) is 20.2 Å². The van der Waals surface area contributed by atoms with Crippen molar-refractivity contribution in [3.05, 3.63) is 65.9 Å². The molecule has 0 saturated heterocycles. The van der Waals surface area contributed by atoms with E-state index in [0.717, 1.165) is 40.2 Å². The Morgan fingerprint density at radius 2 is 1.80 bits per heavy atom. The lowest BCUT2D eigenvalue weighted by atomic mass is 10.1. The monoisotopic (exact) mass is 329 g/mol. The average molecular weight is 329 g/mol. The third-order valence-electron chi connectivity index (χ3n) is 4.18. The van der Waals surface area contributed by atoms with Gasteiger partial charge in [-0.05, 0) is 31.0 Å². The lowest BCUT2D eigenvalue weighted by molar-refractivity contribution is 1.05. The van der Waals surface area contributed by atoms with Crippen molar-refractivity contribution in [3.63, 3.8) is 0 Å². The Morgan fingerprint density at radius 3 is 2.52 bits per heavy atom. The third kappa shape index (κ3) is 3.08. The number of benzene rings is 2. The number of nitrogens with zero attached hydrogens (tertiary/aromatic N) is 3. The topological polar surface area (TPSA) is 66.5 Å². The highest BCUT2D eigenvalue weighted by Crippen LogP contribution is 2.27. The van der Waals surface area contributed by atoms with Crippen molar-refractivity contribution in [1.82, 2.24) is 20.2 Å². The Kier molecular flexibility index (Phi) is 3.90. The van der Waals surface area contributed by atoms with Gasteiger partial charge in [-0.25, -0.2) is 9.97 Å². The fourth-order valence-electron chi connectivity index (χ4n) is 2.79. The number of hydrogen-bond acceptors (Lipinski definition) is 4. The van der Waals surface area contributed by atoms with Gasteiger partial charge in [0.05, 0.1) is 5.52 Å². The van der Waals surface area contributed by atoms with E-state index >= 15 is 0 Å². The van der Waals surface area contributed by atoms with Gasteiger partial charge in [0.2, 0.25) is 0 Å². The number of anilines is 2. The number of rotatable bonds is 4. The highest BCUT2D eigenvalue weighted by molar-refractivity contribution is 5.91.